The Hall–Kier alpha value is -2.67. The molecule has 3 rings (SSSR count). The summed E-state index contributed by atoms with van der Waals surface area (Å²) in [4.78, 5) is 21.8. The number of aromatic nitrogens is 3. The number of benzene rings is 1. The fourth-order valence-corrected chi connectivity index (χ4v) is 3.92. The van der Waals surface area contributed by atoms with Gasteiger partial charge in [0.05, 0.1) is 24.1 Å². The maximum atomic E-state index is 12.4. The molecule has 0 fully saturated rings. The molecule has 0 radical (unpaired) electrons. The van der Waals surface area contributed by atoms with Crippen LogP contribution >= 0.6 is 0 Å². The molecule has 2 heterocycles. The number of hydrogen-bond donors (Lipinski definition) is 2. The number of fused-ring (bicyclic) bond motifs is 3. The van der Waals surface area contributed by atoms with Crippen LogP contribution in [0.1, 0.15) is 65.6 Å². The number of carbonyl (C=O) groups is 1. The van der Waals surface area contributed by atoms with Gasteiger partial charge < -0.3 is 20.4 Å². The fourth-order valence-electron chi connectivity index (χ4n) is 3.92. The molecule has 2 aromatic heterocycles. The van der Waals surface area contributed by atoms with E-state index in [1.54, 1.807) is 0 Å². The van der Waals surface area contributed by atoms with E-state index in [2.05, 4.69) is 28.7 Å². The first-order valence-corrected chi connectivity index (χ1v) is 11.3. The van der Waals surface area contributed by atoms with Gasteiger partial charge in [0, 0.05) is 11.8 Å². The van der Waals surface area contributed by atoms with Crippen molar-refractivity contribution < 1.29 is 9.53 Å². The molecule has 0 atom stereocenters. The Morgan fingerprint density at radius 2 is 1.94 bits per heavy atom. The van der Waals surface area contributed by atoms with E-state index < -0.39 is 5.60 Å². The molecule has 0 saturated carbocycles. The van der Waals surface area contributed by atoms with Crippen molar-refractivity contribution in [3.05, 3.63) is 30.1 Å². The molecule has 168 valence electrons. The molecule has 7 heteroatoms. The number of nitrogens with two attached hydrogens (primary N) is 1. The smallest absolute Gasteiger partial charge is 0.306 e. The van der Waals surface area contributed by atoms with Crippen LogP contribution in [-0.2, 0) is 22.6 Å². The predicted octanol–water partition coefficient (Wildman–Crippen LogP) is 4.57. The summed E-state index contributed by atoms with van der Waals surface area (Å²) in [7, 11) is 0. The topological polar surface area (TPSA) is 95.1 Å². The zero-order valence-corrected chi connectivity index (χ0v) is 19.2. The molecular weight excluding hydrogens is 390 g/mol. The van der Waals surface area contributed by atoms with E-state index in [1.807, 2.05) is 38.1 Å². The molecule has 7 nitrogen and oxygen atoms in total. The number of ether oxygens (including phenoxy) is 1. The number of nitrogen functional groups attached to an aromatic ring is 1. The first kappa shape index (κ1) is 23.0. The summed E-state index contributed by atoms with van der Waals surface area (Å²) in [5.41, 5.74) is 8.03. The van der Waals surface area contributed by atoms with Gasteiger partial charge >= 0.3 is 5.97 Å². The minimum absolute atomic E-state index is 0.148. The maximum absolute atomic E-state index is 12.4. The Labute approximate surface area is 184 Å². The number of unbranched alkanes of at least 4 members (excludes halogenated alkanes) is 3. The number of hydrogen-bond acceptors (Lipinski definition) is 6. The summed E-state index contributed by atoms with van der Waals surface area (Å²) in [6.07, 6.45) is 4.68. The van der Waals surface area contributed by atoms with Crippen LogP contribution in [0.15, 0.2) is 24.3 Å². The molecule has 0 unspecified atom stereocenters. The highest BCUT2D eigenvalue weighted by Crippen LogP contribution is 2.30. The molecule has 0 spiro atoms. The van der Waals surface area contributed by atoms with Crippen LogP contribution in [-0.4, -0.2) is 32.7 Å². The number of anilines is 1. The Morgan fingerprint density at radius 3 is 2.68 bits per heavy atom. The van der Waals surface area contributed by atoms with Crippen molar-refractivity contribution in [3.8, 4) is 0 Å². The fraction of sp³-hybridized carbons (Fsp3) is 0.542. The lowest BCUT2D eigenvalue weighted by atomic mass is 10.1. The number of rotatable bonds is 11. The summed E-state index contributed by atoms with van der Waals surface area (Å²) >= 11 is 0. The second-order valence-electron chi connectivity index (χ2n) is 8.65. The van der Waals surface area contributed by atoms with Crippen molar-refractivity contribution >= 4 is 33.7 Å². The monoisotopic (exact) mass is 425 g/mol. The van der Waals surface area contributed by atoms with Crippen LogP contribution in [0, 0.1) is 0 Å². The number of carbonyl (C=O) groups excluding carboxylic acids is 1. The standard InChI is InChI=1S/C24H35N5O2/c1-5-7-8-9-14-20(30)31-24(3,4)16-29-19(15-26-6-2)28-21-22(29)17-12-10-11-13-18(17)27-23(21)25/h10-13,26H,5-9,14-16H2,1-4H3,(H2,25,27). The van der Waals surface area contributed by atoms with Crippen molar-refractivity contribution in [3.63, 3.8) is 0 Å². The van der Waals surface area contributed by atoms with E-state index in [0.717, 1.165) is 54.5 Å². The average Bonchev–Trinajstić information content (AvgIpc) is 3.08. The van der Waals surface area contributed by atoms with Crippen LogP contribution in [0.4, 0.5) is 5.82 Å². The molecule has 0 bridgehead atoms. The van der Waals surface area contributed by atoms with Crippen molar-refractivity contribution in [2.45, 2.75) is 78.5 Å². The third kappa shape index (κ3) is 5.53. The van der Waals surface area contributed by atoms with Gasteiger partial charge in [0.1, 0.15) is 16.9 Å². The summed E-state index contributed by atoms with van der Waals surface area (Å²) in [6, 6.07) is 7.92. The normalized spacial score (nSPS) is 12.0. The van der Waals surface area contributed by atoms with Gasteiger partial charge in [-0.2, -0.15) is 0 Å². The molecule has 0 aliphatic rings. The third-order valence-corrected chi connectivity index (χ3v) is 5.39. The molecule has 0 aliphatic carbocycles. The molecule has 0 aliphatic heterocycles. The number of esters is 1. The highest BCUT2D eigenvalue weighted by Gasteiger charge is 2.27. The number of pyridine rings is 1. The minimum Gasteiger partial charge on any atom is -0.458 e. The van der Waals surface area contributed by atoms with Crippen molar-refractivity contribution in [1.82, 2.24) is 19.9 Å². The van der Waals surface area contributed by atoms with E-state index in [9.17, 15) is 4.79 Å². The Bertz CT molecular complexity index is 1040. The Morgan fingerprint density at radius 1 is 1.16 bits per heavy atom. The second kappa shape index (κ2) is 10.1. The van der Waals surface area contributed by atoms with Gasteiger partial charge in [-0.15, -0.1) is 0 Å². The number of para-hydroxylation sites is 1. The van der Waals surface area contributed by atoms with Gasteiger partial charge in [-0.3, -0.25) is 4.79 Å². The molecule has 31 heavy (non-hydrogen) atoms. The molecule has 3 N–H and O–H groups in total. The number of nitrogens with zero attached hydrogens (tertiary/aromatic N) is 3. The minimum atomic E-state index is -0.685. The third-order valence-electron chi connectivity index (χ3n) is 5.39. The lowest BCUT2D eigenvalue weighted by molar-refractivity contribution is -0.157. The largest absolute Gasteiger partial charge is 0.458 e. The highest BCUT2D eigenvalue weighted by atomic mass is 16.6. The Balaban J connectivity index is 1.94. The van der Waals surface area contributed by atoms with Crippen molar-refractivity contribution in [2.24, 2.45) is 0 Å². The Kier molecular flexibility index (Phi) is 7.49. The molecule has 1 aromatic carbocycles. The first-order chi connectivity index (χ1) is 14.9. The van der Waals surface area contributed by atoms with E-state index in [0.29, 0.717) is 30.8 Å². The molecule has 3 aromatic rings. The number of nitrogens with one attached hydrogen (secondary N) is 1. The van der Waals surface area contributed by atoms with Crippen molar-refractivity contribution in [2.75, 3.05) is 12.3 Å². The highest BCUT2D eigenvalue weighted by molar-refractivity contribution is 6.06. The van der Waals surface area contributed by atoms with E-state index >= 15 is 0 Å². The van der Waals surface area contributed by atoms with Crippen LogP contribution < -0.4 is 11.1 Å². The molecule has 0 saturated heterocycles. The predicted molar refractivity (Wildman–Crippen MR) is 126 cm³/mol. The summed E-state index contributed by atoms with van der Waals surface area (Å²) < 4.78 is 8.01. The average molecular weight is 426 g/mol. The maximum Gasteiger partial charge on any atom is 0.306 e. The first-order valence-electron chi connectivity index (χ1n) is 11.3. The lowest BCUT2D eigenvalue weighted by Gasteiger charge is -2.27. The van der Waals surface area contributed by atoms with E-state index in [4.69, 9.17) is 15.5 Å². The molecular formula is C24H35N5O2. The zero-order valence-electron chi connectivity index (χ0n) is 19.2. The number of imidazole rings is 1. The van der Waals surface area contributed by atoms with Gasteiger partial charge in [-0.25, -0.2) is 9.97 Å². The van der Waals surface area contributed by atoms with Crippen LogP contribution in [0.25, 0.3) is 21.9 Å². The lowest BCUT2D eigenvalue weighted by Crippen LogP contribution is -2.34. The SMILES string of the molecule is CCCCCCC(=O)OC(C)(C)Cn1c(CNCC)nc2c(N)nc3ccccc3c21. The van der Waals surface area contributed by atoms with Gasteiger partial charge in [-0.05, 0) is 32.9 Å². The van der Waals surface area contributed by atoms with Gasteiger partial charge in [0.2, 0.25) is 0 Å². The second-order valence-corrected chi connectivity index (χ2v) is 8.65. The van der Waals surface area contributed by atoms with E-state index in [-0.39, 0.29) is 5.97 Å². The summed E-state index contributed by atoms with van der Waals surface area (Å²) in [5, 5.41) is 4.34. The summed E-state index contributed by atoms with van der Waals surface area (Å²) in [5.74, 6) is 1.12. The summed E-state index contributed by atoms with van der Waals surface area (Å²) in [6.45, 7) is 10.0. The zero-order chi connectivity index (χ0) is 22.4. The van der Waals surface area contributed by atoms with Gasteiger partial charge in [0.15, 0.2) is 5.82 Å². The van der Waals surface area contributed by atoms with E-state index in [1.165, 1.54) is 0 Å². The molecule has 0 amide bonds. The van der Waals surface area contributed by atoms with Crippen molar-refractivity contribution in [1.29, 1.82) is 0 Å². The van der Waals surface area contributed by atoms with Gasteiger partial charge in [-0.1, -0.05) is 51.3 Å². The van der Waals surface area contributed by atoms with Gasteiger partial charge in [0.25, 0.3) is 0 Å². The van der Waals surface area contributed by atoms with Crippen LogP contribution in [0.3, 0.4) is 0 Å². The van der Waals surface area contributed by atoms with Crippen LogP contribution in [0.5, 0.6) is 0 Å². The van der Waals surface area contributed by atoms with Crippen LogP contribution in [0.2, 0.25) is 0 Å². The quantitative estimate of drug-likeness (QED) is 0.345.